The Morgan fingerprint density at radius 1 is 1.14 bits per heavy atom. The second kappa shape index (κ2) is 5.72. The summed E-state index contributed by atoms with van der Waals surface area (Å²) in [4.78, 5) is 4.03. The SMILES string of the molecule is Oc1cccc2cccnc12.[CH3][Ga][CH3]. The molecule has 1 radical (unpaired) electrons. The number of hydrogen-bond acceptors (Lipinski definition) is 2. The fourth-order valence-corrected chi connectivity index (χ4v) is 1.09. The predicted molar refractivity (Wildman–Crippen MR) is 60.9 cm³/mol. The Labute approximate surface area is 91.8 Å². The van der Waals surface area contributed by atoms with E-state index in [0.717, 1.165) is 5.39 Å². The first-order chi connectivity index (χ1) is 6.79. The number of aromatic hydroxyl groups is 1. The van der Waals surface area contributed by atoms with Crippen LogP contribution in [0.25, 0.3) is 10.9 Å². The van der Waals surface area contributed by atoms with Crippen molar-refractivity contribution in [1.82, 2.24) is 4.98 Å². The van der Waals surface area contributed by atoms with Crippen LogP contribution in [-0.2, 0) is 0 Å². The van der Waals surface area contributed by atoms with E-state index in [9.17, 15) is 5.11 Å². The van der Waals surface area contributed by atoms with Gasteiger partial charge in [0.05, 0.1) is 0 Å². The predicted octanol–water partition coefficient (Wildman–Crippen LogP) is 2.73. The van der Waals surface area contributed by atoms with Gasteiger partial charge in [-0.2, -0.15) is 0 Å². The van der Waals surface area contributed by atoms with Gasteiger partial charge in [0.15, 0.2) is 0 Å². The van der Waals surface area contributed by atoms with Crippen molar-refractivity contribution >= 4 is 28.3 Å². The van der Waals surface area contributed by atoms with Gasteiger partial charge in [0, 0.05) is 11.6 Å². The van der Waals surface area contributed by atoms with Crippen LogP contribution in [0.5, 0.6) is 5.75 Å². The molecule has 0 spiro atoms. The third kappa shape index (κ3) is 2.78. The van der Waals surface area contributed by atoms with Crippen LogP contribution in [0, 0.1) is 0 Å². The van der Waals surface area contributed by atoms with Crippen molar-refractivity contribution < 1.29 is 5.11 Å². The number of para-hydroxylation sites is 1. The van der Waals surface area contributed by atoms with Gasteiger partial charge in [-0.3, -0.25) is 4.98 Å². The number of benzene rings is 1. The van der Waals surface area contributed by atoms with E-state index in [1.54, 1.807) is 18.3 Å². The quantitative estimate of drug-likeness (QED) is 0.723. The van der Waals surface area contributed by atoms with Crippen LogP contribution in [0.4, 0.5) is 0 Å². The zero-order valence-electron chi connectivity index (χ0n) is 8.44. The van der Waals surface area contributed by atoms with Crippen molar-refractivity contribution in [2.24, 2.45) is 0 Å². The summed E-state index contributed by atoms with van der Waals surface area (Å²) in [7, 11) is 0. The number of phenols is 1. The molecule has 3 heteroatoms. The van der Waals surface area contributed by atoms with Gasteiger partial charge < -0.3 is 5.11 Å². The van der Waals surface area contributed by atoms with Crippen molar-refractivity contribution in [3.63, 3.8) is 0 Å². The van der Waals surface area contributed by atoms with E-state index in [-0.39, 0.29) is 5.75 Å². The van der Waals surface area contributed by atoms with E-state index in [1.165, 1.54) is 0 Å². The molecule has 14 heavy (non-hydrogen) atoms. The molecule has 1 heterocycles. The second-order valence-electron chi connectivity index (χ2n) is 2.93. The maximum atomic E-state index is 9.31. The van der Waals surface area contributed by atoms with E-state index < -0.39 is 0 Å². The molecule has 0 saturated heterocycles. The Morgan fingerprint density at radius 3 is 2.43 bits per heavy atom. The van der Waals surface area contributed by atoms with Crippen LogP contribution in [0.15, 0.2) is 36.5 Å². The van der Waals surface area contributed by atoms with Gasteiger partial charge in [0.2, 0.25) is 0 Å². The summed E-state index contributed by atoms with van der Waals surface area (Å²) in [5.74, 6) is 0.239. The van der Waals surface area contributed by atoms with Gasteiger partial charge in [0.25, 0.3) is 0 Å². The molecule has 1 aromatic carbocycles. The van der Waals surface area contributed by atoms with Gasteiger partial charge in [-0.15, -0.1) is 0 Å². The number of pyridine rings is 1. The molecular weight excluding hydrogens is 232 g/mol. The Bertz CT molecular complexity index is 398. The Balaban J connectivity index is 0.000000293. The third-order valence-electron chi connectivity index (χ3n) is 1.61. The van der Waals surface area contributed by atoms with Crippen molar-refractivity contribution in [2.45, 2.75) is 11.0 Å². The summed E-state index contributed by atoms with van der Waals surface area (Å²) < 4.78 is 0. The van der Waals surface area contributed by atoms with Gasteiger partial charge in [0.1, 0.15) is 11.3 Å². The minimum atomic E-state index is 0.239. The fourth-order valence-electron chi connectivity index (χ4n) is 1.09. The molecule has 2 rings (SSSR count). The van der Waals surface area contributed by atoms with Crippen LogP contribution in [0.1, 0.15) is 0 Å². The van der Waals surface area contributed by atoms with Crippen LogP contribution in [0.3, 0.4) is 0 Å². The first-order valence-electron chi connectivity index (χ1n) is 4.56. The summed E-state index contributed by atoms with van der Waals surface area (Å²) in [6, 6.07) is 9.13. The van der Waals surface area contributed by atoms with Gasteiger partial charge in [-0.05, 0) is 12.1 Å². The molecule has 0 aliphatic rings. The van der Waals surface area contributed by atoms with Crippen LogP contribution < -0.4 is 0 Å². The van der Waals surface area contributed by atoms with Gasteiger partial charge in [-0.1, -0.05) is 18.2 Å². The first kappa shape index (κ1) is 11.1. The normalized spacial score (nSPS) is 9.00. The first-order valence-corrected chi connectivity index (χ1v) is 9.40. The average Bonchev–Trinajstić information content (AvgIpc) is 2.20. The van der Waals surface area contributed by atoms with E-state index in [2.05, 4.69) is 15.9 Å². The Morgan fingerprint density at radius 2 is 1.79 bits per heavy atom. The van der Waals surface area contributed by atoms with Crippen molar-refractivity contribution in [2.75, 3.05) is 0 Å². The number of phenolic OH excluding ortho intramolecular Hbond substituents is 1. The zero-order valence-corrected chi connectivity index (χ0v) is 10.9. The molecule has 0 saturated carbocycles. The summed E-state index contributed by atoms with van der Waals surface area (Å²) in [6.07, 6.45) is 1.67. The average molecular weight is 245 g/mol. The number of hydrogen-bond donors (Lipinski definition) is 1. The molecule has 0 fully saturated rings. The molecular formula is C11H13GaNO. The fraction of sp³-hybridized carbons (Fsp3) is 0.182. The minimum absolute atomic E-state index is 0.239. The Hall–Kier alpha value is -0.934. The van der Waals surface area contributed by atoms with Crippen molar-refractivity contribution in [3.8, 4) is 5.75 Å². The van der Waals surface area contributed by atoms with E-state index in [0.29, 0.717) is 22.9 Å². The molecule has 0 unspecified atom stereocenters. The molecule has 0 bridgehead atoms. The van der Waals surface area contributed by atoms with Crippen LogP contribution in [-0.4, -0.2) is 27.5 Å². The number of aromatic nitrogens is 1. The molecule has 2 aromatic rings. The summed E-state index contributed by atoms with van der Waals surface area (Å²) in [5, 5.41) is 10.3. The Kier molecular flexibility index (Phi) is 4.56. The molecule has 0 amide bonds. The summed E-state index contributed by atoms with van der Waals surface area (Å²) in [6.45, 7) is 0. The third-order valence-corrected chi connectivity index (χ3v) is 1.61. The monoisotopic (exact) mass is 244 g/mol. The number of nitrogens with zero attached hydrogens (tertiary/aromatic N) is 1. The van der Waals surface area contributed by atoms with Gasteiger partial charge >= 0.3 is 28.4 Å². The molecule has 71 valence electrons. The topological polar surface area (TPSA) is 33.1 Å². The molecule has 0 atom stereocenters. The summed E-state index contributed by atoms with van der Waals surface area (Å²) in [5.41, 5.74) is 5.22. The van der Waals surface area contributed by atoms with E-state index >= 15 is 0 Å². The molecule has 0 aliphatic carbocycles. The van der Waals surface area contributed by atoms with E-state index in [1.807, 2.05) is 18.2 Å². The maximum absolute atomic E-state index is 9.31. The zero-order chi connectivity index (χ0) is 10.4. The van der Waals surface area contributed by atoms with Gasteiger partial charge in [-0.25, -0.2) is 0 Å². The van der Waals surface area contributed by atoms with Crippen LogP contribution >= 0.6 is 0 Å². The summed E-state index contributed by atoms with van der Waals surface area (Å²) >= 11 is 0.312. The van der Waals surface area contributed by atoms with Crippen molar-refractivity contribution in [3.05, 3.63) is 36.5 Å². The van der Waals surface area contributed by atoms with Crippen LogP contribution in [0.2, 0.25) is 11.0 Å². The molecule has 2 nitrogen and oxygen atoms in total. The number of rotatable bonds is 0. The van der Waals surface area contributed by atoms with E-state index in [4.69, 9.17) is 0 Å². The molecule has 1 aromatic heterocycles. The second-order valence-corrected chi connectivity index (χ2v) is 5.35. The molecule has 0 aliphatic heterocycles. The molecule has 1 N–H and O–H groups in total. The number of fused-ring (bicyclic) bond motifs is 1. The van der Waals surface area contributed by atoms with Crippen molar-refractivity contribution in [1.29, 1.82) is 0 Å². The standard InChI is InChI=1S/C9H7NO.2CH3.Ga/c11-8-5-1-3-7-4-2-6-10-9(7)8;;;/h1-6,11H;2*1H3;.